The Hall–Kier alpha value is -1.23. The summed E-state index contributed by atoms with van der Waals surface area (Å²) in [4.78, 5) is 0. The third kappa shape index (κ3) is 2.77. The van der Waals surface area contributed by atoms with Crippen LogP contribution in [0, 0.1) is 23.2 Å². The van der Waals surface area contributed by atoms with Crippen molar-refractivity contribution >= 4 is 36.6 Å². The van der Waals surface area contributed by atoms with Crippen LogP contribution in [0.4, 0.5) is 15.8 Å². The fourth-order valence-corrected chi connectivity index (χ4v) is 3.16. The maximum Gasteiger partial charge on any atom is 0.149 e. The summed E-state index contributed by atoms with van der Waals surface area (Å²) in [7, 11) is 0. The summed E-state index contributed by atoms with van der Waals surface area (Å²) < 4.78 is 19.2. The third-order valence-electron chi connectivity index (χ3n) is 2.73. The van der Waals surface area contributed by atoms with Gasteiger partial charge in [0.2, 0.25) is 0 Å². The van der Waals surface area contributed by atoms with Crippen molar-refractivity contribution in [2.45, 2.75) is 13.8 Å². The molecular weight excluding hydrogens is 340 g/mol. The zero-order chi connectivity index (χ0) is 13.1. The number of halogens is 2. The van der Waals surface area contributed by atoms with Crippen LogP contribution in [-0.4, -0.2) is 4.51 Å². The van der Waals surface area contributed by atoms with Crippen LogP contribution in [0.15, 0.2) is 36.4 Å². The van der Waals surface area contributed by atoms with Gasteiger partial charge in [-0.25, -0.2) is 4.39 Å². The summed E-state index contributed by atoms with van der Waals surface area (Å²) in [6, 6.07) is 11.5. The fraction of sp³-hybridized carbons (Fsp3) is 0.133. The van der Waals surface area contributed by atoms with E-state index in [0.29, 0.717) is 11.3 Å². The first-order valence-electron chi connectivity index (χ1n) is 5.63. The molecule has 2 aromatic carbocycles. The molecular formula is C15H15FIN. The Morgan fingerprint density at radius 3 is 2.61 bits per heavy atom. The second-order valence-corrected chi connectivity index (χ2v) is 6.10. The Kier molecular flexibility index (Phi) is 4.11. The van der Waals surface area contributed by atoms with E-state index >= 15 is 0 Å². The van der Waals surface area contributed by atoms with Gasteiger partial charge in [-0.15, -0.1) is 0 Å². The number of rotatable bonds is 3. The van der Waals surface area contributed by atoms with Gasteiger partial charge in [0.1, 0.15) is 5.82 Å². The predicted molar refractivity (Wildman–Crippen MR) is 85.4 cm³/mol. The van der Waals surface area contributed by atoms with Crippen molar-refractivity contribution in [2.75, 3.05) is 5.32 Å². The van der Waals surface area contributed by atoms with Gasteiger partial charge in [0.25, 0.3) is 0 Å². The molecule has 3 heteroatoms. The molecule has 0 spiro atoms. The lowest BCUT2D eigenvalue weighted by molar-refractivity contribution is 0.622. The van der Waals surface area contributed by atoms with Crippen LogP contribution in [-0.2, 0) is 0 Å². The largest absolute Gasteiger partial charge is 0.352 e. The number of hydrogen-bond donors (Lipinski definition) is 1. The zero-order valence-corrected chi connectivity index (χ0v) is 12.6. The maximum absolute atomic E-state index is 13.9. The second kappa shape index (κ2) is 5.61. The highest BCUT2D eigenvalue weighted by Crippen LogP contribution is 2.27. The first kappa shape index (κ1) is 13.2. The topological polar surface area (TPSA) is 12.0 Å². The minimum absolute atomic E-state index is 0.189. The van der Waals surface area contributed by atoms with Crippen molar-refractivity contribution in [3.05, 3.63) is 56.9 Å². The summed E-state index contributed by atoms with van der Waals surface area (Å²) in [6.45, 7) is 3.82. The number of aryl methyl sites for hydroxylation is 2. The van der Waals surface area contributed by atoms with Crippen molar-refractivity contribution in [1.82, 2.24) is 0 Å². The van der Waals surface area contributed by atoms with E-state index in [2.05, 4.69) is 22.8 Å². The highest BCUT2D eigenvalue weighted by Gasteiger charge is 2.07. The van der Waals surface area contributed by atoms with Crippen LogP contribution in [0.2, 0.25) is 0 Å². The van der Waals surface area contributed by atoms with Crippen LogP contribution in [0.1, 0.15) is 11.1 Å². The lowest BCUT2D eigenvalue weighted by atomic mass is 10.2. The first-order chi connectivity index (χ1) is 8.61. The molecule has 94 valence electrons. The SMILES string of the molecule is C=Ic1cc(C)ccc1Nc1cccc(C)c1F. The predicted octanol–water partition coefficient (Wildman–Crippen LogP) is 4.76. The average molecular weight is 355 g/mol. The summed E-state index contributed by atoms with van der Waals surface area (Å²) in [6.07, 6.45) is 0. The van der Waals surface area contributed by atoms with Crippen molar-refractivity contribution in [3.63, 3.8) is 0 Å². The zero-order valence-electron chi connectivity index (χ0n) is 10.4. The van der Waals surface area contributed by atoms with Gasteiger partial charge in [0.15, 0.2) is 0 Å². The van der Waals surface area contributed by atoms with E-state index < -0.39 is 0 Å². The molecule has 0 amide bonds. The van der Waals surface area contributed by atoms with E-state index in [4.69, 9.17) is 0 Å². The van der Waals surface area contributed by atoms with Gasteiger partial charge in [0, 0.05) is 3.57 Å². The molecule has 0 bridgehead atoms. The molecule has 0 saturated heterocycles. The molecule has 0 unspecified atom stereocenters. The normalized spacial score (nSPS) is 10.4. The average Bonchev–Trinajstić information content (AvgIpc) is 2.37. The molecule has 0 atom stereocenters. The molecule has 2 aromatic rings. The van der Waals surface area contributed by atoms with Crippen LogP contribution < -0.4 is 5.32 Å². The Labute approximate surface area is 117 Å². The number of benzene rings is 2. The molecule has 0 aliphatic heterocycles. The summed E-state index contributed by atoms with van der Waals surface area (Å²) in [5.41, 5.74) is 3.35. The van der Waals surface area contributed by atoms with E-state index in [1.807, 2.05) is 18.2 Å². The summed E-state index contributed by atoms with van der Waals surface area (Å²) in [5.74, 6) is -0.189. The summed E-state index contributed by atoms with van der Waals surface area (Å²) in [5, 5.41) is 3.17. The van der Waals surface area contributed by atoms with Gasteiger partial charge < -0.3 is 5.32 Å². The van der Waals surface area contributed by atoms with Crippen molar-refractivity contribution in [1.29, 1.82) is 0 Å². The molecule has 0 radical (unpaired) electrons. The first-order valence-corrected chi connectivity index (χ1v) is 8.23. The molecule has 1 N–H and O–H groups in total. The molecule has 0 aromatic heterocycles. The highest BCUT2D eigenvalue weighted by molar-refractivity contribution is 14.2. The van der Waals surface area contributed by atoms with Gasteiger partial charge in [-0.05, 0) is 43.2 Å². The van der Waals surface area contributed by atoms with E-state index in [9.17, 15) is 4.39 Å². The van der Waals surface area contributed by atoms with Gasteiger partial charge in [-0.2, -0.15) is 0 Å². The summed E-state index contributed by atoms with van der Waals surface area (Å²) >= 11 is -0.280. The lowest BCUT2D eigenvalue weighted by Gasteiger charge is -2.12. The molecule has 0 aliphatic carbocycles. The minimum atomic E-state index is -0.280. The number of hydrogen-bond acceptors (Lipinski definition) is 1. The van der Waals surface area contributed by atoms with E-state index in [1.54, 1.807) is 19.1 Å². The van der Waals surface area contributed by atoms with Crippen molar-refractivity contribution in [3.8, 4) is 0 Å². The van der Waals surface area contributed by atoms with Crippen molar-refractivity contribution in [2.24, 2.45) is 0 Å². The Balaban J connectivity index is 2.40. The Morgan fingerprint density at radius 2 is 1.89 bits per heavy atom. The number of nitrogens with one attached hydrogen (secondary N) is 1. The van der Waals surface area contributed by atoms with Gasteiger partial charge >= 0.3 is 0 Å². The smallest absolute Gasteiger partial charge is 0.149 e. The Morgan fingerprint density at radius 1 is 1.11 bits per heavy atom. The number of anilines is 2. The molecule has 0 aliphatic rings. The molecule has 0 fully saturated rings. The molecule has 1 nitrogen and oxygen atoms in total. The lowest BCUT2D eigenvalue weighted by Crippen LogP contribution is -1.97. The van der Waals surface area contributed by atoms with Crippen LogP contribution >= 0.6 is 20.7 Å². The highest BCUT2D eigenvalue weighted by atomic mass is 127. The van der Waals surface area contributed by atoms with E-state index in [-0.39, 0.29) is 26.5 Å². The molecule has 0 heterocycles. The second-order valence-electron chi connectivity index (χ2n) is 4.18. The minimum Gasteiger partial charge on any atom is -0.352 e. The van der Waals surface area contributed by atoms with Gasteiger partial charge in [0.05, 0.1) is 11.4 Å². The van der Waals surface area contributed by atoms with Gasteiger partial charge in [-0.1, -0.05) is 43.4 Å². The monoisotopic (exact) mass is 355 g/mol. The van der Waals surface area contributed by atoms with Crippen LogP contribution in [0.3, 0.4) is 0 Å². The van der Waals surface area contributed by atoms with Crippen LogP contribution in [0.25, 0.3) is 0 Å². The Bertz CT molecular complexity index is 593. The van der Waals surface area contributed by atoms with Gasteiger partial charge in [-0.3, -0.25) is 0 Å². The van der Waals surface area contributed by atoms with E-state index in [1.165, 1.54) is 9.13 Å². The van der Waals surface area contributed by atoms with E-state index in [0.717, 1.165) is 5.69 Å². The maximum atomic E-state index is 13.9. The van der Waals surface area contributed by atoms with Crippen LogP contribution in [0.5, 0.6) is 0 Å². The van der Waals surface area contributed by atoms with Crippen molar-refractivity contribution < 1.29 is 4.39 Å². The molecule has 2 rings (SSSR count). The molecule has 0 saturated carbocycles. The standard InChI is InChI=1S/C15H15FIN/c1-10-7-8-13(12(9-10)17-3)18-14-6-4-5-11(2)15(14)16/h4-9,18H,3H2,1-2H3. The quantitative estimate of drug-likeness (QED) is 0.783. The fourth-order valence-electron chi connectivity index (χ4n) is 1.72. The third-order valence-corrected chi connectivity index (χ3v) is 4.44. The molecule has 18 heavy (non-hydrogen) atoms.